The molecule has 3 nitrogen and oxygen atoms in total. The summed E-state index contributed by atoms with van der Waals surface area (Å²) in [5.74, 6) is 0.212. The van der Waals surface area contributed by atoms with Gasteiger partial charge in [0, 0.05) is 5.69 Å². The Hall–Kier alpha value is -0.900. The third-order valence-electron chi connectivity index (χ3n) is 2.45. The van der Waals surface area contributed by atoms with Crippen LogP contribution in [0, 0.1) is 6.92 Å². The predicted octanol–water partition coefficient (Wildman–Crippen LogP) is 2.74. The molecule has 0 aliphatic rings. The van der Waals surface area contributed by atoms with Gasteiger partial charge in [-0.2, -0.15) is 0 Å². The molecule has 16 heavy (non-hydrogen) atoms. The number of nitrogens with zero attached hydrogens (tertiary/aromatic N) is 1. The average molecular weight is 241 g/mol. The van der Waals surface area contributed by atoms with Crippen LogP contribution in [0.25, 0.3) is 0 Å². The second-order valence-corrected chi connectivity index (χ2v) is 6.05. The summed E-state index contributed by atoms with van der Waals surface area (Å²) in [6.07, 6.45) is 3.91. The van der Waals surface area contributed by atoms with Crippen LogP contribution in [-0.4, -0.2) is 19.2 Å². The smallest absolute Gasteiger partial charge is 0.195 e. The quantitative estimate of drug-likeness (QED) is 0.719. The van der Waals surface area contributed by atoms with Gasteiger partial charge in [-0.15, -0.1) is 0 Å². The molecule has 0 unspecified atom stereocenters. The van der Waals surface area contributed by atoms with Crippen molar-refractivity contribution in [1.82, 2.24) is 4.98 Å². The fourth-order valence-corrected chi connectivity index (χ4v) is 2.88. The number of hydrogen-bond donors (Lipinski definition) is 0. The summed E-state index contributed by atoms with van der Waals surface area (Å²) in [5.41, 5.74) is 0.745. The first-order chi connectivity index (χ1) is 7.56. The van der Waals surface area contributed by atoms with Crippen molar-refractivity contribution in [1.29, 1.82) is 0 Å². The molecule has 0 N–H and O–H groups in total. The number of rotatable bonds is 6. The minimum atomic E-state index is -3.17. The van der Waals surface area contributed by atoms with Crippen LogP contribution in [0.1, 0.15) is 38.3 Å². The van der Waals surface area contributed by atoms with Crippen LogP contribution in [0.4, 0.5) is 0 Å². The van der Waals surface area contributed by atoms with Crippen LogP contribution in [0.2, 0.25) is 0 Å². The topological polar surface area (TPSA) is 47.0 Å². The first kappa shape index (κ1) is 13.2. The van der Waals surface area contributed by atoms with Gasteiger partial charge in [0.2, 0.25) is 0 Å². The van der Waals surface area contributed by atoms with E-state index in [1.165, 1.54) is 0 Å². The molecule has 1 aromatic heterocycles. The van der Waals surface area contributed by atoms with E-state index in [0.717, 1.165) is 31.4 Å². The third kappa shape index (κ3) is 3.93. The van der Waals surface area contributed by atoms with Crippen molar-refractivity contribution in [3.8, 4) is 0 Å². The zero-order chi connectivity index (χ0) is 12.0. The van der Waals surface area contributed by atoms with Gasteiger partial charge in [0.15, 0.2) is 14.9 Å². The van der Waals surface area contributed by atoms with Gasteiger partial charge in [0.05, 0.1) is 5.75 Å². The Bertz CT molecular complexity index is 426. The Morgan fingerprint density at radius 2 is 1.94 bits per heavy atom. The van der Waals surface area contributed by atoms with Crippen molar-refractivity contribution in [2.45, 2.75) is 44.6 Å². The highest BCUT2D eigenvalue weighted by atomic mass is 32.2. The standard InChI is InChI=1S/C12H19NO2S/c1-3-4-5-6-10-16(14,15)12-9-7-8-11(2)13-12/h7-9H,3-6,10H2,1-2H3. The monoisotopic (exact) mass is 241 g/mol. The number of aromatic nitrogens is 1. The zero-order valence-electron chi connectivity index (χ0n) is 9.94. The molecule has 1 heterocycles. The molecular weight excluding hydrogens is 222 g/mol. The maximum Gasteiger partial charge on any atom is 0.195 e. The third-order valence-corrected chi connectivity index (χ3v) is 4.14. The van der Waals surface area contributed by atoms with Crippen molar-refractivity contribution < 1.29 is 8.42 Å². The summed E-state index contributed by atoms with van der Waals surface area (Å²) >= 11 is 0. The van der Waals surface area contributed by atoms with E-state index in [2.05, 4.69) is 11.9 Å². The van der Waals surface area contributed by atoms with Crippen LogP contribution in [0.15, 0.2) is 23.2 Å². The van der Waals surface area contributed by atoms with Crippen molar-refractivity contribution >= 4 is 9.84 Å². The molecule has 90 valence electrons. The van der Waals surface area contributed by atoms with Gasteiger partial charge in [-0.05, 0) is 25.5 Å². The second-order valence-electron chi connectivity index (χ2n) is 4.00. The molecule has 0 radical (unpaired) electrons. The largest absolute Gasteiger partial charge is 0.242 e. The van der Waals surface area contributed by atoms with Crippen LogP contribution >= 0.6 is 0 Å². The van der Waals surface area contributed by atoms with Crippen molar-refractivity contribution in [3.63, 3.8) is 0 Å². The molecule has 1 aromatic rings. The summed E-state index contributed by atoms with van der Waals surface area (Å²) in [7, 11) is -3.17. The molecule has 1 rings (SSSR count). The lowest BCUT2D eigenvalue weighted by Crippen LogP contribution is -2.09. The summed E-state index contributed by atoms with van der Waals surface area (Å²) in [4.78, 5) is 4.06. The van der Waals surface area contributed by atoms with Crippen molar-refractivity contribution in [2.24, 2.45) is 0 Å². The predicted molar refractivity (Wildman–Crippen MR) is 65.2 cm³/mol. The van der Waals surface area contributed by atoms with Gasteiger partial charge >= 0.3 is 0 Å². The van der Waals surface area contributed by atoms with E-state index in [0.29, 0.717) is 0 Å². The molecule has 4 heteroatoms. The average Bonchev–Trinajstić information content (AvgIpc) is 2.24. The lowest BCUT2D eigenvalue weighted by atomic mass is 10.2. The van der Waals surface area contributed by atoms with Crippen molar-refractivity contribution in [3.05, 3.63) is 23.9 Å². The summed E-state index contributed by atoms with van der Waals surface area (Å²) in [6.45, 7) is 3.91. The molecule has 0 aliphatic carbocycles. The van der Waals surface area contributed by atoms with E-state index in [9.17, 15) is 8.42 Å². The summed E-state index contributed by atoms with van der Waals surface area (Å²) in [5, 5.41) is 0.212. The Labute approximate surface area is 97.8 Å². The number of aryl methyl sites for hydroxylation is 1. The van der Waals surface area contributed by atoms with Crippen molar-refractivity contribution in [2.75, 3.05) is 5.75 Å². The van der Waals surface area contributed by atoms with Gasteiger partial charge in [-0.25, -0.2) is 13.4 Å². The fourth-order valence-electron chi connectivity index (χ4n) is 1.51. The number of hydrogen-bond acceptors (Lipinski definition) is 3. The SMILES string of the molecule is CCCCCCS(=O)(=O)c1cccc(C)n1. The van der Waals surface area contributed by atoms with Gasteiger partial charge in [0.25, 0.3) is 0 Å². The minimum Gasteiger partial charge on any atom is -0.242 e. The molecule has 0 aromatic carbocycles. The van der Waals surface area contributed by atoms with E-state index in [1.54, 1.807) is 25.1 Å². The molecule has 0 saturated carbocycles. The molecule has 0 aliphatic heterocycles. The van der Waals surface area contributed by atoms with Gasteiger partial charge in [-0.1, -0.05) is 32.3 Å². The fraction of sp³-hybridized carbons (Fsp3) is 0.583. The second kappa shape index (κ2) is 5.99. The Balaban J connectivity index is 2.64. The van der Waals surface area contributed by atoms with E-state index >= 15 is 0 Å². The lowest BCUT2D eigenvalue weighted by Gasteiger charge is -2.04. The molecular formula is C12H19NO2S. The maximum absolute atomic E-state index is 11.9. The first-order valence-corrected chi connectivity index (χ1v) is 7.38. The normalized spacial score (nSPS) is 11.6. The maximum atomic E-state index is 11.9. The lowest BCUT2D eigenvalue weighted by molar-refractivity contribution is 0.585. The molecule has 0 atom stereocenters. The van der Waals surface area contributed by atoms with Crippen LogP contribution < -0.4 is 0 Å². The first-order valence-electron chi connectivity index (χ1n) is 5.72. The Morgan fingerprint density at radius 3 is 2.56 bits per heavy atom. The highest BCUT2D eigenvalue weighted by Gasteiger charge is 2.15. The van der Waals surface area contributed by atoms with E-state index in [1.807, 2.05) is 0 Å². The summed E-state index contributed by atoms with van der Waals surface area (Å²) in [6, 6.07) is 5.11. The minimum absolute atomic E-state index is 0.212. The molecule has 0 saturated heterocycles. The van der Waals surface area contributed by atoms with Crippen LogP contribution in [-0.2, 0) is 9.84 Å². The highest BCUT2D eigenvalue weighted by Crippen LogP contribution is 2.11. The molecule has 0 amide bonds. The van der Waals surface area contributed by atoms with E-state index in [-0.39, 0.29) is 10.8 Å². The zero-order valence-corrected chi connectivity index (χ0v) is 10.8. The Kier molecular flexibility index (Phi) is 4.93. The van der Waals surface area contributed by atoms with Crippen LogP contribution in [0.3, 0.4) is 0 Å². The Morgan fingerprint density at radius 1 is 1.19 bits per heavy atom. The molecule has 0 fully saturated rings. The highest BCUT2D eigenvalue weighted by molar-refractivity contribution is 7.91. The van der Waals surface area contributed by atoms with Crippen LogP contribution in [0.5, 0.6) is 0 Å². The number of unbranched alkanes of at least 4 members (excludes halogenated alkanes) is 3. The number of pyridine rings is 1. The van der Waals surface area contributed by atoms with E-state index in [4.69, 9.17) is 0 Å². The van der Waals surface area contributed by atoms with Gasteiger partial charge in [0.1, 0.15) is 0 Å². The van der Waals surface area contributed by atoms with E-state index < -0.39 is 9.84 Å². The van der Waals surface area contributed by atoms with Gasteiger partial charge < -0.3 is 0 Å². The van der Waals surface area contributed by atoms with Gasteiger partial charge in [-0.3, -0.25) is 0 Å². The molecule has 0 spiro atoms. The number of sulfone groups is 1. The molecule has 0 bridgehead atoms. The summed E-state index contributed by atoms with van der Waals surface area (Å²) < 4.78 is 23.8.